The first-order valence-electron chi connectivity index (χ1n) is 8.73. The van der Waals surface area contributed by atoms with Gasteiger partial charge in [-0.15, -0.1) is 0 Å². The zero-order valence-corrected chi connectivity index (χ0v) is 14.9. The van der Waals surface area contributed by atoms with Crippen molar-refractivity contribution in [3.8, 4) is 0 Å². The molecule has 25 heavy (non-hydrogen) atoms. The normalized spacial score (nSPS) is 17.3. The van der Waals surface area contributed by atoms with Gasteiger partial charge in [-0.2, -0.15) is 5.10 Å². The van der Waals surface area contributed by atoms with E-state index < -0.39 is 0 Å². The molecule has 2 aromatic rings. The molecule has 1 aliphatic heterocycles. The van der Waals surface area contributed by atoms with Gasteiger partial charge in [0.25, 0.3) is 5.91 Å². The van der Waals surface area contributed by atoms with Gasteiger partial charge in [-0.1, -0.05) is 0 Å². The lowest BCUT2D eigenvalue weighted by Gasteiger charge is -2.23. The molecule has 3 heterocycles. The molecule has 1 unspecified atom stereocenters. The van der Waals surface area contributed by atoms with Crippen LogP contribution in [0.1, 0.15) is 29.1 Å². The molecule has 7 heteroatoms. The van der Waals surface area contributed by atoms with E-state index in [-0.39, 0.29) is 12.0 Å². The number of hydrogen-bond donors (Lipinski definition) is 0. The third-order valence-corrected chi connectivity index (χ3v) is 4.30. The molecule has 0 spiro atoms. The molecule has 1 saturated heterocycles. The molecule has 1 aliphatic rings. The zero-order chi connectivity index (χ0) is 17.6. The van der Waals surface area contributed by atoms with E-state index in [0.717, 1.165) is 38.3 Å². The third kappa shape index (κ3) is 4.93. The molecule has 0 aliphatic carbocycles. The van der Waals surface area contributed by atoms with Gasteiger partial charge in [0.1, 0.15) is 11.5 Å². The van der Waals surface area contributed by atoms with Crippen LogP contribution in [0.15, 0.2) is 35.1 Å². The molecular formula is C18H26N4O3. The zero-order valence-electron chi connectivity index (χ0n) is 14.9. The highest BCUT2D eigenvalue weighted by atomic mass is 16.5. The van der Waals surface area contributed by atoms with Crippen molar-refractivity contribution in [3.05, 3.63) is 42.1 Å². The fourth-order valence-electron chi connectivity index (χ4n) is 2.91. The van der Waals surface area contributed by atoms with E-state index in [1.807, 2.05) is 37.1 Å². The smallest absolute Gasteiger partial charge is 0.274 e. The molecule has 0 radical (unpaired) electrons. The lowest BCUT2D eigenvalue weighted by atomic mass is 10.2. The van der Waals surface area contributed by atoms with Gasteiger partial charge in [0.05, 0.1) is 25.5 Å². The van der Waals surface area contributed by atoms with E-state index >= 15 is 0 Å². The van der Waals surface area contributed by atoms with Crippen molar-refractivity contribution in [1.29, 1.82) is 0 Å². The highest BCUT2D eigenvalue weighted by Crippen LogP contribution is 2.17. The standard InChI is InChI=1S/C18H26N4O3/c1-20(2)9-10-22-8-7-17(19-22)18(23)21(13-15-5-3-11-24-15)14-16-6-4-12-25-16/h3,5,7-8,11,16H,4,6,9-10,12-14H2,1-2H3. The number of rotatable bonds is 8. The summed E-state index contributed by atoms with van der Waals surface area (Å²) in [6.07, 6.45) is 5.61. The van der Waals surface area contributed by atoms with Crippen molar-refractivity contribution in [2.45, 2.75) is 32.0 Å². The number of furan rings is 1. The number of likely N-dealkylation sites (N-methyl/N-ethyl adjacent to an activating group) is 1. The van der Waals surface area contributed by atoms with Gasteiger partial charge in [0, 0.05) is 25.9 Å². The quantitative estimate of drug-likeness (QED) is 0.730. The van der Waals surface area contributed by atoms with Crippen LogP contribution in [0.25, 0.3) is 0 Å². The highest BCUT2D eigenvalue weighted by molar-refractivity contribution is 5.92. The maximum atomic E-state index is 13.0. The minimum absolute atomic E-state index is 0.0875. The summed E-state index contributed by atoms with van der Waals surface area (Å²) >= 11 is 0. The third-order valence-electron chi connectivity index (χ3n) is 4.30. The van der Waals surface area contributed by atoms with Gasteiger partial charge in [-0.3, -0.25) is 9.48 Å². The molecule has 0 saturated carbocycles. The predicted octanol–water partition coefficient (Wildman–Crippen LogP) is 1.86. The van der Waals surface area contributed by atoms with E-state index in [2.05, 4.69) is 10.00 Å². The van der Waals surface area contributed by atoms with Crippen LogP contribution in [-0.4, -0.2) is 65.4 Å². The van der Waals surface area contributed by atoms with Crippen LogP contribution in [0.5, 0.6) is 0 Å². The summed E-state index contributed by atoms with van der Waals surface area (Å²) in [5.74, 6) is 0.675. The van der Waals surface area contributed by atoms with Crippen LogP contribution in [0.2, 0.25) is 0 Å². The SMILES string of the molecule is CN(C)CCn1ccc(C(=O)N(Cc2ccco2)CC2CCCO2)n1. The molecule has 0 aromatic carbocycles. The Balaban J connectivity index is 1.68. The Hall–Kier alpha value is -2.12. The first-order valence-corrected chi connectivity index (χ1v) is 8.73. The van der Waals surface area contributed by atoms with Crippen molar-refractivity contribution >= 4 is 5.91 Å². The minimum atomic E-state index is -0.0875. The summed E-state index contributed by atoms with van der Waals surface area (Å²) in [5.41, 5.74) is 0.461. The Morgan fingerprint density at radius 3 is 2.96 bits per heavy atom. The first kappa shape index (κ1) is 17.7. The Bertz CT molecular complexity index is 660. The number of amides is 1. The van der Waals surface area contributed by atoms with Crippen molar-refractivity contribution in [1.82, 2.24) is 19.6 Å². The van der Waals surface area contributed by atoms with Crippen molar-refractivity contribution in [2.24, 2.45) is 0 Å². The predicted molar refractivity (Wildman–Crippen MR) is 93.2 cm³/mol. The van der Waals surface area contributed by atoms with Crippen LogP contribution < -0.4 is 0 Å². The topological polar surface area (TPSA) is 63.7 Å². The monoisotopic (exact) mass is 346 g/mol. The van der Waals surface area contributed by atoms with Crippen LogP contribution >= 0.6 is 0 Å². The van der Waals surface area contributed by atoms with Crippen LogP contribution in [-0.2, 0) is 17.8 Å². The second-order valence-electron chi connectivity index (χ2n) is 6.67. The summed E-state index contributed by atoms with van der Waals surface area (Å²) in [6.45, 7) is 3.39. The van der Waals surface area contributed by atoms with Gasteiger partial charge in [0.15, 0.2) is 0 Å². The number of hydrogen-bond acceptors (Lipinski definition) is 5. The summed E-state index contributed by atoms with van der Waals surface area (Å²) < 4.78 is 12.9. The molecule has 2 aromatic heterocycles. The fourth-order valence-corrected chi connectivity index (χ4v) is 2.91. The molecule has 3 rings (SSSR count). The Kier molecular flexibility index (Phi) is 5.88. The van der Waals surface area contributed by atoms with Gasteiger partial charge in [-0.25, -0.2) is 0 Å². The van der Waals surface area contributed by atoms with E-state index in [0.29, 0.717) is 18.8 Å². The maximum absolute atomic E-state index is 13.0. The molecule has 1 atom stereocenters. The Morgan fingerprint density at radius 1 is 1.40 bits per heavy atom. The summed E-state index contributed by atoms with van der Waals surface area (Å²) in [6, 6.07) is 5.49. The van der Waals surface area contributed by atoms with Crippen molar-refractivity contribution in [3.63, 3.8) is 0 Å². The van der Waals surface area contributed by atoms with Gasteiger partial charge in [-0.05, 0) is 45.1 Å². The van der Waals surface area contributed by atoms with Gasteiger partial charge < -0.3 is 19.0 Å². The van der Waals surface area contributed by atoms with E-state index in [1.54, 1.807) is 17.2 Å². The van der Waals surface area contributed by atoms with E-state index in [4.69, 9.17) is 9.15 Å². The molecule has 7 nitrogen and oxygen atoms in total. The average molecular weight is 346 g/mol. The fraction of sp³-hybridized carbons (Fsp3) is 0.556. The van der Waals surface area contributed by atoms with E-state index in [9.17, 15) is 4.79 Å². The van der Waals surface area contributed by atoms with E-state index in [1.165, 1.54) is 0 Å². The second-order valence-corrected chi connectivity index (χ2v) is 6.67. The number of carbonyl (C=O) groups is 1. The lowest BCUT2D eigenvalue weighted by Crippen LogP contribution is -2.37. The van der Waals surface area contributed by atoms with Crippen LogP contribution in [0.4, 0.5) is 0 Å². The van der Waals surface area contributed by atoms with Crippen LogP contribution in [0, 0.1) is 0 Å². The maximum Gasteiger partial charge on any atom is 0.274 e. The van der Waals surface area contributed by atoms with Gasteiger partial charge >= 0.3 is 0 Å². The molecule has 0 N–H and O–H groups in total. The first-order chi connectivity index (χ1) is 12.1. The highest BCUT2D eigenvalue weighted by Gasteiger charge is 2.25. The summed E-state index contributed by atoms with van der Waals surface area (Å²) in [7, 11) is 4.03. The summed E-state index contributed by atoms with van der Waals surface area (Å²) in [5, 5.41) is 4.43. The molecule has 0 bridgehead atoms. The summed E-state index contributed by atoms with van der Waals surface area (Å²) in [4.78, 5) is 16.8. The molecule has 1 fully saturated rings. The second kappa shape index (κ2) is 8.31. The number of ether oxygens (including phenoxy) is 1. The Labute approximate surface area is 148 Å². The lowest BCUT2D eigenvalue weighted by molar-refractivity contribution is 0.0486. The van der Waals surface area contributed by atoms with Crippen molar-refractivity contribution < 1.29 is 13.9 Å². The number of nitrogens with zero attached hydrogens (tertiary/aromatic N) is 4. The molecule has 1 amide bonds. The number of aromatic nitrogens is 2. The van der Waals surface area contributed by atoms with Gasteiger partial charge in [0.2, 0.25) is 0 Å². The largest absolute Gasteiger partial charge is 0.467 e. The Morgan fingerprint density at radius 2 is 2.28 bits per heavy atom. The van der Waals surface area contributed by atoms with Crippen molar-refractivity contribution in [2.75, 3.05) is 33.8 Å². The minimum Gasteiger partial charge on any atom is -0.467 e. The molecular weight excluding hydrogens is 320 g/mol. The number of carbonyl (C=O) groups excluding carboxylic acids is 1. The molecule has 136 valence electrons. The average Bonchev–Trinajstić information content (AvgIpc) is 3.34. The van der Waals surface area contributed by atoms with Crippen LogP contribution in [0.3, 0.4) is 0 Å².